The van der Waals surface area contributed by atoms with Crippen LogP contribution >= 0.6 is 0 Å². The molecule has 0 fully saturated rings. The minimum Gasteiger partial charge on any atom is -0.396 e. The molecule has 1 aromatic carbocycles. The van der Waals surface area contributed by atoms with Gasteiger partial charge in [0.2, 0.25) is 5.78 Å². The lowest BCUT2D eigenvalue weighted by Crippen LogP contribution is -2.42. The first-order chi connectivity index (χ1) is 9.34. The highest BCUT2D eigenvalue weighted by Gasteiger charge is 2.35. The number of hydrogen-bond acceptors (Lipinski definition) is 3. The van der Waals surface area contributed by atoms with Crippen LogP contribution in [0.25, 0.3) is 0 Å². The molecule has 1 aliphatic rings. The molecule has 0 atom stereocenters. The summed E-state index contributed by atoms with van der Waals surface area (Å²) in [6.45, 7) is -0.0760. The normalized spacial score (nSPS) is 15.5. The van der Waals surface area contributed by atoms with E-state index in [9.17, 15) is 22.8 Å². The van der Waals surface area contributed by atoms with Crippen molar-refractivity contribution in [1.29, 1.82) is 0 Å². The van der Waals surface area contributed by atoms with Crippen molar-refractivity contribution >= 4 is 17.4 Å². The Labute approximate surface area is 112 Å². The van der Waals surface area contributed by atoms with Gasteiger partial charge < -0.3 is 10.0 Å². The molecule has 0 radical (unpaired) electrons. The van der Waals surface area contributed by atoms with Crippen molar-refractivity contribution in [2.45, 2.75) is 19.0 Å². The van der Waals surface area contributed by atoms with Gasteiger partial charge in [0.15, 0.2) is 0 Å². The number of amides is 1. The summed E-state index contributed by atoms with van der Waals surface area (Å²) in [4.78, 5) is 24.4. The van der Waals surface area contributed by atoms with E-state index in [2.05, 4.69) is 0 Å². The third-order valence-corrected chi connectivity index (χ3v) is 3.07. The molecule has 108 valence electrons. The summed E-state index contributed by atoms with van der Waals surface area (Å²) < 4.78 is 37.9. The Hall–Kier alpha value is -1.89. The summed E-state index contributed by atoms with van der Waals surface area (Å²) in [7, 11) is 0. The Morgan fingerprint density at radius 1 is 1.25 bits per heavy atom. The van der Waals surface area contributed by atoms with Crippen molar-refractivity contribution in [3.8, 4) is 0 Å². The summed E-state index contributed by atoms with van der Waals surface area (Å²) >= 11 is 0. The van der Waals surface area contributed by atoms with Crippen LogP contribution in [0.5, 0.6) is 0 Å². The van der Waals surface area contributed by atoms with E-state index >= 15 is 0 Å². The van der Waals surface area contributed by atoms with Gasteiger partial charge in [-0.15, -0.1) is 0 Å². The quantitative estimate of drug-likeness (QED) is 0.858. The van der Waals surface area contributed by atoms with Crippen LogP contribution in [0.3, 0.4) is 0 Å². The number of hydrogen-bond donors (Lipinski definition) is 1. The van der Waals surface area contributed by atoms with Gasteiger partial charge in [-0.2, -0.15) is 13.2 Å². The number of carbonyl (C=O) groups is 2. The van der Waals surface area contributed by atoms with Crippen molar-refractivity contribution in [3.63, 3.8) is 0 Å². The SMILES string of the molecule is O=C1Cc2cc(C(F)(F)F)ccc2N(CCCO)C1=O. The molecule has 1 amide bonds. The van der Waals surface area contributed by atoms with Crippen molar-refractivity contribution in [2.24, 2.45) is 0 Å². The highest BCUT2D eigenvalue weighted by molar-refractivity contribution is 6.43. The molecule has 0 spiro atoms. The van der Waals surface area contributed by atoms with E-state index in [0.29, 0.717) is 5.69 Å². The van der Waals surface area contributed by atoms with E-state index in [-0.39, 0.29) is 31.6 Å². The van der Waals surface area contributed by atoms with Gasteiger partial charge in [0, 0.05) is 25.3 Å². The van der Waals surface area contributed by atoms with Crippen molar-refractivity contribution < 1.29 is 27.9 Å². The monoisotopic (exact) mass is 287 g/mol. The van der Waals surface area contributed by atoms with E-state index in [4.69, 9.17) is 5.11 Å². The average molecular weight is 287 g/mol. The van der Waals surface area contributed by atoms with E-state index in [1.54, 1.807) is 0 Å². The number of fused-ring (bicyclic) bond motifs is 1. The molecule has 2 rings (SSSR count). The van der Waals surface area contributed by atoms with Gasteiger partial charge in [-0.3, -0.25) is 9.59 Å². The molecule has 1 aromatic rings. The van der Waals surface area contributed by atoms with Gasteiger partial charge in [0.05, 0.1) is 5.56 Å². The topological polar surface area (TPSA) is 57.6 Å². The van der Waals surface area contributed by atoms with Gasteiger partial charge in [-0.1, -0.05) is 0 Å². The Kier molecular flexibility index (Phi) is 3.80. The highest BCUT2D eigenvalue weighted by atomic mass is 19.4. The summed E-state index contributed by atoms with van der Waals surface area (Å²) in [6, 6.07) is 2.97. The summed E-state index contributed by atoms with van der Waals surface area (Å²) in [5, 5.41) is 8.78. The number of anilines is 1. The van der Waals surface area contributed by atoms with Crippen LogP contribution in [0.1, 0.15) is 17.5 Å². The van der Waals surface area contributed by atoms with Crippen molar-refractivity contribution in [3.05, 3.63) is 29.3 Å². The summed E-state index contributed by atoms with van der Waals surface area (Å²) in [5.74, 6) is -1.49. The largest absolute Gasteiger partial charge is 0.416 e. The first-order valence-electron chi connectivity index (χ1n) is 6.00. The fourth-order valence-electron chi connectivity index (χ4n) is 2.13. The zero-order chi connectivity index (χ0) is 14.9. The van der Waals surface area contributed by atoms with Crippen LogP contribution in [0.15, 0.2) is 18.2 Å². The number of nitrogens with zero attached hydrogens (tertiary/aromatic N) is 1. The molecular formula is C13H12F3NO3. The van der Waals surface area contributed by atoms with Gasteiger partial charge >= 0.3 is 6.18 Å². The Morgan fingerprint density at radius 3 is 2.55 bits per heavy atom. The molecule has 1 aliphatic heterocycles. The minimum absolute atomic E-state index is 0.0967. The molecule has 0 aromatic heterocycles. The maximum Gasteiger partial charge on any atom is 0.416 e. The van der Waals surface area contributed by atoms with Crippen LogP contribution in [0, 0.1) is 0 Å². The molecular weight excluding hydrogens is 275 g/mol. The lowest BCUT2D eigenvalue weighted by atomic mass is 9.97. The van der Waals surface area contributed by atoms with Crippen LogP contribution in [-0.2, 0) is 22.2 Å². The van der Waals surface area contributed by atoms with Gasteiger partial charge in [-0.25, -0.2) is 0 Å². The smallest absolute Gasteiger partial charge is 0.396 e. The molecule has 0 saturated carbocycles. The van der Waals surface area contributed by atoms with E-state index in [1.807, 2.05) is 0 Å². The lowest BCUT2D eigenvalue weighted by Gasteiger charge is -2.28. The average Bonchev–Trinajstić information content (AvgIpc) is 2.38. The molecule has 1 heterocycles. The number of aliphatic hydroxyl groups is 1. The van der Waals surface area contributed by atoms with Gasteiger partial charge in [0.1, 0.15) is 0 Å². The number of Topliss-reactive ketones (excluding diaryl/α,β-unsaturated/α-hetero) is 1. The second-order valence-corrected chi connectivity index (χ2v) is 4.48. The van der Waals surface area contributed by atoms with Gasteiger partial charge in [0.25, 0.3) is 5.91 Å². The molecule has 0 aliphatic carbocycles. The summed E-state index contributed by atoms with van der Waals surface area (Å²) in [5.41, 5.74) is -0.362. The lowest BCUT2D eigenvalue weighted by molar-refractivity contribution is -0.138. The molecule has 0 saturated heterocycles. The minimum atomic E-state index is -4.49. The number of alkyl halides is 3. The molecule has 1 N–H and O–H groups in total. The van der Waals surface area contributed by atoms with Crippen molar-refractivity contribution in [2.75, 3.05) is 18.1 Å². The number of ketones is 1. The first kappa shape index (κ1) is 14.5. The Balaban J connectivity index is 2.42. The molecule has 0 unspecified atom stereocenters. The Morgan fingerprint density at radius 2 is 1.95 bits per heavy atom. The second kappa shape index (κ2) is 5.24. The molecule has 4 nitrogen and oxygen atoms in total. The maximum atomic E-state index is 12.6. The maximum absolute atomic E-state index is 12.6. The highest BCUT2D eigenvalue weighted by Crippen LogP contribution is 2.34. The number of carbonyl (C=O) groups excluding carboxylic acids is 2. The number of benzene rings is 1. The van der Waals surface area contributed by atoms with Crippen LogP contribution < -0.4 is 4.90 Å². The predicted molar refractivity (Wildman–Crippen MR) is 64.2 cm³/mol. The molecule has 7 heteroatoms. The zero-order valence-corrected chi connectivity index (χ0v) is 10.4. The third kappa shape index (κ3) is 2.67. The number of aliphatic hydroxyl groups excluding tert-OH is 1. The zero-order valence-electron chi connectivity index (χ0n) is 10.4. The third-order valence-electron chi connectivity index (χ3n) is 3.07. The van der Waals surface area contributed by atoms with Crippen LogP contribution in [0.2, 0.25) is 0 Å². The number of halogens is 3. The Bertz CT molecular complexity index is 554. The van der Waals surface area contributed by atoms with Crippen LogP contribution in [-0.4, -0.2) is 29.9 Å². The van der Waals surface area contributed by atoms with Crippen LogP contribution in [0.4, 0.5) is 18.9 Å². The van der Waals surface area contributed by atoms with E-state index < -0.39 is 23.4 Å². The second-order valence-electron chi connectivity index (χ2n) is 4.48. The molecule has 20 heavy (non-hydrogen) atoms. The first-order valence-corrected chi connectivity index (χ1v) is 6.00. The standard InChI is InChI=1S/C13H12F3NO3/c14-13(15,16)9-2-3-10-8(6-9)7-11(19)12(20)17(10)4-1-5-18/h2-3,6,18H,1,4-5,7H2. The predicted octanol–water partition coefficient (Wildman–Crippen LogP) is 1.55. The summed E-state index contributed by atoms with van der Waals surface area (Å²) in [6.07, 6.45) is -4.57. The van der Waals surface area contributed by atoms with E-state index in [0.717, 1.165) is 17.0 Å². The fourth-order valence-corrected chi connectivity index (χ4v) is 2.13. The fraction of sp³-hybridized carbons (Fsp3) is 0.385. The van der Waals surface area contributed by atoms with Crippen molar-refractivity contribution in [1.82, 2.24) is 0 Å². The number of rotatable bonds is 3. The van der Waals surface area contributed by atoms with Gasteiger partial charge in [-0.05, 0) is 30.2 Å². The van der Waals surface area contributed by atoms with E-state index in [1.165, 1.54) is 6.07 Å². The molecule has 0 bridgehead atoms.